The molecule has 0 spiro atoms. The van der Waals surface area contributed by atoms with Crippen molar-refractivity contribution in [2.24, 2.45) is 0 Å². The Kier molecular flexibility index (Phi) is 5.07. The zero-order chi connectivity index (χ0) is 15.6. The summed E-state index contributed by atoms with van der Waals surface area (Å²) in [7, 11) is 0. The highest BCUT2D eigenvalue weighted by Crippen LogP contribution is 2.26. The van der Waals surface area contributed by atoms with Crippen LogP contribution >= 0.6 is 11.6 Å². The number of rotatable bonds is 5. The Labute approximate surface area is 132 Å². The van der Waals surface area contributed by atoms with E-state index in [2.05, 4.69) is 50.2 Å². The molecule has 0 aliphatic carbocycles. The summed E-state index contributed by atoms with van der Waals surface area (Å²) in [6.45, 7) is 11.5. The fraction of sp³-hybridized carbons (Fsp3) is 0.471. The summed E-state index contributed by atoms with van der Waals surface area (Å²) < 4.78 is 1.96. The van der Waals surface area contributed by atoms with Gasteiger partial charge in [0, 0.05) is 16.8 Å². The molecule has 0 saturated heterocycles. The van der Waals surface area contributed by atoms with Gasteiger partial charge >= 0.3 is 0 Å². The summed E-state index contributed by atoms with van der Waals surface area (Å²) in [5.41, 5.74) is 5.60. The van der Waals surface area contributed by atoms with Gasteiger partial charge in [0.1, 0.15) is 0 Å². The van der Waals surface area contributed by atoms with Gasteiger partial charge in [-0.3, -0.25) is 0 Å². The van der Waals surface area contributed by atoms with E-state index >= 15 is 0 Å². The van der Waals surface area contributed by atoms with Gasteiger partial charge in [0.15, 0.2) is 0 Å². The summed E-state index contributed by atoms with van der Waals surface area (Å²) in [6, 6.07) is 6.44. The first kappa shape index (κ1) is 16.1. The quantitative estimate of drug-likeness (QED) is 0.880. The van der Waals surface area contributed by atoms with Crippen LogP contribution in [0.15, 0.2) is 18.2 Å². The van der Waals surface area contributed by atoms with Gasteiger partial charge in [0.05, 0.1) is 11.4 Å². The minimum Gasteiger partial charge on any atom is -0.310 e. The van der Waals surface area contributed by atoms with Gasteiger partial charge in [-0.15, -0.1) is 0 Å². The smallest absolute Gasteiger partial charge is 0.0663 e. The van der Waals surface area contributed by atoms with Crippen molar-refractivity contribution < 1.29 is 0 Å². The number of benzene rings is 1. The van der Waals surface area contributed by atoms with Gasteiger partial charge in [-0.2, -0.15) is 5.10 Å². The van der Waals surface area contributed by atoms with Crippen molar-refractivity contribution in [3.8, 4) is 5.69 Å². The Hall–Kier alpha value is -1.32. The van der Waals surface area contributed by atoms with Crippen LogP contribution in [-0.4, -0.2) is 16.3 Å². The largest absolute Gasteiger partial charge is 0.310 e. The van der Waals surface area contributed by atoms with E-state index in [4.69, 9.17) is 11.6 Å². The van der Waals surface area contributed by atoms with E-state index in [1.54, 1.807) is 0 Å². The lowest BCUT2D eigenvalue weighted by Gasteiger charge is -2.16. The van der Waals surface area contributed by atoms with Crippen molar-refractivity contribution in [2.45, 2.75) is 47.1 Å². The molecule has 0 radical (unpaired) electrons. The Balaban J connectivity index is 2.32. The van der Waals surface area contributed by atoms with Gasteiger partial charge in [-0.25, -0.2) is 4.68 Å². The maximum absolute atomic E-state index is 6.47. The van der Waals surface area contributed by atoms with Crippen LogP contribution in [0, 0.1) is 20.8 Å². The van der Waals surface area contributed by atoms with Crippen LogP contribution in [0.3, 0.4) is 0 Å². The second-order valence-electron chi connectivity index (χ2n) is 5.59. The molecule has 1 aromatic carbocycles. The van der Waals surface area contributed by atoms with Gasteiger partial charge in [-0.05, 0) is 63.9 Å². The molecule has 0 aliphatic rings. The molecule has 1 atom stereocenters. The Morgan fingerprint density at radius 2 is 2.00 bits per heavy atom. The maximum atomic E-state index is 6.47. The number of halogens is 1. The van der Waals surface area contributed by atoms with Crippen LogP contribution in [0.5, 0.6) is 0 Å². The van der Waals surface area contributed by atoms with Crippen LogP contribution in [0.4, 0.5) is 0 Å². The van der Waals surface area contributed by atoms with Crippen LogP contribution in [0.25, 0.3) is 5.69 Å². The fourth-order valence-electron chi connectivity index (χ4n) is 2.44. The first-order valence-electron chi connectivity index (χ1n) is 7.51. The topological polar surface area (TPSA) is 29.9 Å². The lowest BCUT2D eigenvalue weighted by atomic mass is 10.1. The average molecular weight is 306 g/mol. The second-order valence-corrected chi connectivity index (χ2v) is 6.00. The molecule has 4 heteroatoms. The standard InChI is InChI=1S/C17H24ClN3/c1-6-9-19-13(4)16-8-7-15(10-17(16)18)21-14(5)11(2)12(3)20-21/h7-8,10,13,19H,6,9H2,1-5H3. The monoisotopic (exact) mass is 305 g/mol. The molecule has 0 bridgehead atoms. The Morgan fingerprint density at radius 3 is 2.52 bits per heavy atom. The maximum Gasteiger partial charge on any atom is 0.0663 e. The highest BCUT2D eigenvalue weighted by atomic mass is 35.5. The summed E-state index contributed by atoms with van der Waals surface area (Å²) in [5.74, 6) is 0. The molecule has 0 amide bonds. The molecular formula is C17H24ClN3. The third kappa shape index (κ3) is 3.30. The number of nitrogens with one attached hydrogen (secondary N) is 1. The van der Waals surface area contributed by atoms with E-state index < -0.39 is 0 Å². The Bertz CT molecular complexity index is 631. The third-order valence-electron chi connectivity index (χ3n) is 4.05. The molecule has 0 aliphatic heterocycles. The summed E-state index contributed by atoms with van der Waals surface area (Å²) in [4.78, 5) is 0. The molecule has 114 valence electrons. The number of aryl methyl sites for hydroxylation is 1. The summed E-state index contributed by atoms with van der Waals surface area (Å²) >= 11 is 6.47. The molecule has 1 N–H and O–H groups in total. The van der Waals surface area contributed by atoms with Crippen molar-refractivity contribution in [1.82, 2.24) is 15.1 Å². The van der Waals surface area contributed by atoms with Crippen molar-refractivity contribution in [3.63, 3.8) is 0 Å². The number of nitrogens with zero attached hydrogens (tertiary/aromatic N) is 2. The predicted octanol–water partition coefficient (Wildman–Crippen LogP) is 4.51. The minimum atomic E-state index is 0.258. The van der Waals surface area contributed by atoms with Gasteiger partial charge in [-0.1, -0.05) is 24.6 Å². The first-order valence-corrected chi connectivity index (χ1v) is 7.89. The van der Waals surface area contributed by atoms with Crippen LogP contribution < -0.4 is 5.32 Å². The van der Waals surface area contributed by atoms with E-state index in [1.807, 2.05) is 17.7 Å². The molecule has 1 heterocycles. The molecule has 1 unspecified atom stereocenters. The van der Waals surface area contributed by atoms with Crippen molar-refractivity contribution in [1.29, 1.82) is 0 Å². The summed E-state index contributed by atoms with van der Waals surface area (Å²) in [5, 5.41) is 8.84. The van der Waals surface area contributed by atoms with Gasteiger partial charge in [0.25, 0.3) is 0 Å². The highest BCUT2D eigenvalue weighted by molar-refractivity contribution is 6.31. The Morgan fingerprint density at radius 1 is 1.29 bits per heavy atom. The lowest BCUT2D eigenvalue weighted by molar-refractivity contribution is 0.570. The van der Waals surface area contributed by atoms with Crippen LogP contribution in [0.1, 0.15) is 48.8 Å². The van der Waals surface area contributed by atoms with Crippen molar-refractivity contribution >= 4 is 11.6 Å². The van der Waals surface area contributed by atoms with Gasteiger partial charge < -0.3 is 5.32 Å². The van der Waals surface area contributed by atoms with E-state index in [0.717, 1.165) is 40.6 Å². The molecule has 2 aromatic rings. The van der Waals surface area contributed by atoms with Crippen molar-refractivity contribution in [2.75, 3.05) is 6.54 Å². The van der Waals surface area contributed by atoms with Gasteiger partial charge in [0.2, 0.25) is 0 Å². The van der Waals surface area contributed by atoms with Crippen LogP contribution in [-0.2, 0) is 0 Å². The number of aromatic nitrogens is 2. The predicted molar refractivity (Wildman–Crippen MR) is 89.5 cm³/mol. The molecule has 0 fully saturated rings. The highest BCUT2D eigenvalue weighted by Gasteiger charge is 2.13. The zero-order valence-electron chi connectivity index (χ0n) is 13.5. The molecule has 21 heavy (non-hydrogen) atoms. The first-order chi connectivity index (χ1) is 9.95. The average Bonchev–Trinajstić information content (AvgIpc) is 2.72. The SMILES string of the molecule is CCCNC(C)c1ccc(-n2nc(C)c(C)c2C)cc1Cl. The van der Waals surface area contributed by atoms with E-state index in [1.165, 1.54) is 5.56 Å². The molecular weight excluding hydrogens is 282 g/mol. The molecule has 1 aromatic heterocycles. The normalized spacial score (nSPS) is 12.7. The molecule has 2 rings (SSSR count). The van der Waals surface area contributed by atoms with E-state index in [-0.39, 0.29) is 6.04 Å². The van der Waals surface area contributed by atoms with Crippen LogP contribution in [0.2, 0.25) is 5.02 Å². The van der Waals surface area contributed by atoms with E-state index in [0.29, 0.717) is 0 Å². The van der Waals surface area contributed by atoms with Crippen molar-refractivity contribution in [3.05, 3.63) is 45.7 Å². The number of hydrogen-bond acceptors (Lipinski definition) is 2. The van der Waals surface area contributed by atoms with E-state index in [9.17, 15) is 0 Å². The number of hydrogen-bond donors (Lipinski definition) is 1. The fourth-order valence-corrected chi connectivity index (χ4v) is 2.78. The second kappa shape index (κ2) is 6.63. The minimum absolute atomic E-state index is 0.258. The molecule has 0 saturated carbocycles. The lowest BCUT2D eigenvalue weighted by Crippen LogP contribution is -2.19. The molecule has 3 nitrogen and oxygen atoms in total. The summed E-state index contributed by atoms with van der Waals surface area (Å²) in [6.07, 6.45) is 1.12. The third-order valence-corrected chi connectivity index (χ3v) is 4.38. The zero-order valence-corrected chi connectivity index (χ0v) is 14.3.